The molecule has 0 saturated carbocycles. The number of benzene rings is 2. The minimum Gasteiger partial charge on any atom is -0.496 e. The Hall–Kier alpha value is -3.61. The average Bonchev–Trinajstić information content (AvgIpc) is 2.74. The van der Waals surface area contributed by atoms with Crippen LogP contribution in [0.1, 0.15) is 23.0 Å². The van der Waals surface area contributed by atoms with Gasteiger partial charge in [-0.15, -0.1) is 0 Å². The maximum Gasteiger partial charge on any atom is 0.270 e. The zero-order valence-corrected chi connectivity index (χ0v) is 15.8. The minimum absolute atomic E-state index is 0.276. The molecule has 3 rings (SSSR count). The lowest BCUT2D eigenvalue weighted by atomic mass is 10.2. The fourth-order valence-electron chi connectivity index (χ4n) is 2.61. The van der Waals surface area contributed by atoms with Gasteiger partial charge in [0.25, 0.3) is 5.91 Å². The van der Waals surface area contributed by atoms with Crippen molar-refractivity contribution in [1.29, 1.82) is 0 Å². The first-order valence-electron chi connectivity index (χ1n) is 8.91. The molecule has 7 heteroatoms. The molecule has 1 amide bonds. The molecule has 0 atom stereocenters. The highest BCUT2D eigenvalue weighted by atomic mass is 16.5. The van der Waals surface area contributed by atoms with E-state index in [0.717, 1.165) is 22.7 Å². The van der Waals surface area contributed by atoms with E-state index in [1.54, 1.807) is 13.2 Å². The van der Waals surface area contributed by atoms with Crippen LogP contribution in [-0.4, -0.2) is 29.6 Å². The summed E-state index contributed by atoms with van der Waals surface area (Å²) < 4.78 is 10.7. The van der Waals surface area contributed by atoms with Crippen LogP contribution in [0.3, 0.4) is 0 Å². The SMILES string of the molecule is CCOc1ccc(Nc2cc(C(=O)NCc3ccccc3OC)ncn2)cc1. The summed E-state index contributed by atoms with van der Waals surface area (Å²) in [4.78, 5) is 20.7. The molecule has 1 heterocycles. The van der Waals surface area contributed by atoms with Gasteiger partial charge < -0.3 is 20.1 Å². The predicted octanol–water partition coefficient (Wildman–Crippen LogP) is 3.56. The van der Waals surface area contributed by atoms with Gasteiger partial charge in [-0.3, -0.25) is 4.79 Å². The van der Waals surface area contributed by atoms with Gasteiger partial charge in [-0.05, 0) is 37.3 Å². The lowest BCUT2D eigenvalue weighted by molar-refractivity contribution is 0.0945. The predicted molar refractivity (Wildman–Crippen MR) is 107 cm³/mol. The zero-order valence-electron chi connectivity index (χ0n) is 15.8. The van der Waals surface area contributed by atoms with Crippen LogP contribution in [0.15, 0.2) is 60.9 Å². The van der Waals surface area contributed by atoms with E-state index in [1.807, 2.05) is 55.5 Å². The van der Waals surface area contributed by atoms with E-state index in [-0.39, 0.29) is 11.6 Å². The van der Waals surface area contributed by atoms with Gasteiger partial charge in [-0.1, -0.05) is 18.2 Å². The Labute approximate surface area is 163 Å². The molecule has 1 aromatic heterocycles. The van der Waals surface area contributed by atoms with Gasteiger partial charge in [-0.2, -0.15) is 0 Å². The Morgan fingerprint density at radius 2 is 1.86 bits per heavy atom. The smallest absolute Gasteiger partial charge is 0.270 e. The van der Waals surface area contributed by atoms with Crippen molar-refractivity contribution in [1.82, 2.24) is 15.3 Å². The highest BCUT2D eigenvalue weighted by Crippen LogP contribution is 2.19. The number of rotatable bonds is 8. The third kappa shape index (κ3) is 4.97. The molecule has 3 aromatic rings. The van der Waals surface area contributed by atoms with Gasteiger partial charge >= 0.3 is 0 Å². The molecule has 0 aliphatic heterocycles. The fraction of sp³-hybridized carbons (Fsp3) is 0.190. The molecule has 0 unspecified atom stereocenters. The third-order valence-electron chi connectivity index (χ3n) is 3.97. The van der Waals surface area contributed by atoms with Crippen LogP contribution in [0.4, 0.5) is 11.5 Å². The van der Waals surface area contributed by atoms with Gasteiger partial charge in [0.2, 0.25) is 0 Å². The van der Waals surface area contributed by atoms with E-state index in [4.69, 9.17) is 9.47 Å². The molecule has 2 aromatic carbocycles. The van der Waals surface area contributed by atoms with E-state index in [2.05, 4.69) is 20.6 Å². The lowest BCUT2D eigenvalue weighted by Gasteiger charge is -2.10. The third-order valence-corrected chi connectivity index (χ3v) is 3.97. The van der Waals surface area contributed by atoms with Gasteiger partial charge in [-0.25, -0.2) is 9.97 Å². The van der Waals surface area contributed by atoms with Crippen molar-refractivity contribution in [3.05, 3.63) is 72.2 Å². The quantitative estimate of drug-likeness (QED) is 0.623. The number of amides is 1. The summed E-state index contributed by atoms with van der Waals surface area (Å²) in [5.41, 5.74) is 2.00. The van der Waals surface area contributed by atoms with Crippen LogP contribution in [-0.2, 0) is 6.54 Å². The van der Waals surface area contributed by atoms with Gasteiger partial charge in [0.15, 0.2) is 0 Å². The molecule has 0 fully saturated rings. The van der Waals surface area contributed by atoms with Crippen molar-refractivity contribution in [2.45, 2.75) is 13.5 Å². The van der Waals surface area contributed by atoms with Crippen LogP contribution >= 0.6 is 0 Å². The number of aromatic nitrogens is 2. The van der Waals surface area contributed by atoms with E-state index < -0.39 is 0 Å². The highest BCUT2D eigenvalue weighted by molar-refractivity contribution is 5.93. The molecule has 2 N–H and O–H groups in total. The molecular formula is C21H22N4O3. The van der Waals surface area contributed by atoms with Crippen molar-refractivity contribution in [2.75, 3.05) is 19.0 Å². The van der Waals surface area contributed by atoms with E-state index >= 15 is 0 Å². The molecular weight excluding hydrogens is 356 g/mol. The zero-order chi connectivity index (χ0) is 19.8. The Morgan fingerprint density at radius 1 is 1.07 bits per heavy atom. The molecule has 0 spiro atoms. The van der Waals surface area contributed by atoms with Crippen molar-refractivity contribution in [3.8, 4) is 11.5 Å². The summed E-state index contributed by atoms with van der Waals surface area (Å²) in [6.45, 7) is 2.90. The van der Waals surface area contributed by atoms with Crippen LogP contribution in [0, 0.1) is 0 Å². The number of anilines is 2. The number of nitrogens with one attached hydrogen (secondary N) is 2. The van der Waals surface area contributed by atoms with Crippen LogP contribution < -0.4 is 20.1 Å². The summed E-state index contributed by atoms with van der Waals surface area (Å²) in [5, 5.41) is 6.00. The monoisotopic (exact) mass is 378 g/mol. The second kappa shape index (κ2) is 9.36. The van der Waals surface area contributed by atoms with Crippen LogP contribution in [0.5, 0.6) is 11.5 Å². The molecule has 28 heavy (non-hydrogen) atoms. The molecule has 0 saturated heterocycles. The molecule has 0 aliphatic rings. The topological polar surface area (TPSA) is 85.4 Å². The maximum atomic E-state index is 12.5. The van der Waals surface area contributed by atoms with E-state index in [0.29, 0.717) is 19.0 Å². The second-order valence-corrected chi connectivity index (χ2v) is 5.87. The Balaban J connectivity index is 1.64. The van der Waals surface area contributed by atoms with E-state index in [9.17, 15) is 4.79 Å². The summed E-state index contributed by atoms with van der Waals surface area (Å²) in [6.07, 6.45) is 1.36. The van der Waals surface area contributed by atoms with Crippen molar-refractivity contribution in [2.24, 2.45) is 0 Å². The number of carbonyl (C=O) groups excluding carboxylic acids is 1. The van der Waals surface area contributed by atoms with Crippen molar-refractivity contribution < 1.29 is 14.3 Å². The van der Waals surface area contributed by atoms with Crippen LogP contribution in [0.25, 0.3) is 0 Å². The highest BCUT2D eigenvalue weighted by Gasteiger charge is 2.10. The summed E-state index contributed by atoms with van der Waals surface area (Å²) in [5.74, 6) is 1.76. The molecule has 0 radical (unpaired) electrons. The summed E-state index contributed by atoms with van der Waals surface area (Å²) >= 11 is 0. The molecule has 0 bridgehead atoms. The first-order chi connectivity index (χ1) is 13.7. The summed E-state index contributed by atoms with van der Waals surface area (Å²) in [7, 11) is 1.60. The second-order valence-electron chi connectivity index (χ2n) is 5.87. The van der Waals surface area contributed by atoms with E-state index in [1.165, 1.54) is 6.33 Å². The lowest BCUT2D eigenvalue weighted by Crippen LogP contribution is -2.24. The number of hydrogen-bond donors (Lipinski definition) is 2. The van der Waals surface area contributed by atoms with Gasteiger partial charge in [0.05, 0.1) is 13.7 Å². The van der Waals surface area contributed by atoms with Gasteiger partial charge in [0, 0.05) is 23.9 Å². The number of methoxy groups -OCH3 is 1. The fourth-order valence-corrected chi connectivity index (χ4v) is 2.61. The molecule has 144 valence electrons. The van der Waals surface area contributed by atoms with Crippen molar-refractivity contribution in [3.63, 3.8) is 0 Å². The molecule has 0 aliphatic carbocycles. The number of nitrogens with zero attached hydrogens (tertiary/aromatic N) is 2. The standard InChI is InChI=1S/C21H22N4O3/c1-3-28-17-10-8-16(9-11-17)25-20-12-18(23-14-24-20)21(26)22-13-15-6-4-5-7-19(15)27-2/h4-12,14H,3,13H2,1-2H3,(H,22,26)(H,23,24,25). The first-order valence-corrected chi connectivity index (χ1v) is 8.91. The first kappa shape index (κ1) is 19.2. The number of hydrogen-bond acceptors (Lipinski definition) is 6. The Kier molecular flexibility index (Phi) is 6.41. The average molecular weight is 378 g/mol. The maximum absolute atomic E-state index is 12.5. The number of para-hydroxylation sites is 1. The van der Waals surface area contributed by atoms with Crippen molar-refractivity contribution >= 4 is 17.4 Å². The number of ether oxygens (including phenoxy) is 2. The Bertz CT molecular complexity index is 929. The van der Waals surface area contributed by atoms with Gasteiger partial charge in [0.1, 0.15) is 29.3 Å². The minimum atomic E-state index is -0.289. The normalized spacial score (nSPS) is 10.2. The Morgan fingerprint density at radius 3 is 2.61 bits per heavy atom. The number of carbonyl (C=O) groups is 1. The van der Waals surface area contributed by atoms with Crippen LogP contribution in [0.2, 0.25) is 0 Å². The molecule has 7 nitrogen and oxygen atoms in total. The summed E-state index contributed by atoms with van der Waals surface area (Å²) in [6, 6.07) is 16.6. The largest absolute Gasteiger partial charge is 0.496 e.